The highest BCUT2D eigenvalue weighted by Gasteiger charge is 2.33. The minimum atomic E-state index is -1.24. The summed E-state index contributed by atoms with van der Waals surface area (Å²) in [4.78, 5) is 23.4. The zero-order valence-corrected chi connectivity index (χ0v) is 13.0. The van der Waals surface area contributed by atoms with Crippen LogP contribution in [0.1, 0.15) is 34.1 Å². The van der Waals surface area contributed by atoms with Crippen LogP contribution in [0.2, 0.25) is 0 Å². The van der Waals surface area contributed by atoms with E-state index in [-0.39, 0.29) is 6.42 Å². The lowest BCUT2D eigenvalue weighted by molar-refractivity contribution is -0.123. The van der Waals surface area contributed by atoms with Gasteiger partial charge in [0.15, 0.2) is 6.29 Å². The first kappa shape index (κ1) is 17.5. The molecule has 120 valence electrons. The number of rotatable bonds is 5. The van der Waals surface area contributed by atoms with Crippen molar-refractivity contribution in [2.24, 2.45) is 5.73 Å². The van der Waals surface area contributed by atoms with E-state index >= 15 is 0 Å². The number of ether oxygens (including phenoxy) is 3. The summed E-state index contributed by atoms with van der Waals surface area (Å²) in [6, 6.07) is 0. The highest BCUT2D eigenvalue weighted by molar-refractivity contribution is 5.88. The first-order valence-electron chi connectivity index (χ1n) is 6.83. The summed E-state index contributed by atoms with van der Waals surface area (Å²) in [6.07, 6.45) is 2.49. The van der Waals surface area contributed by atoms with Crippen molar-refractivity contribution >= 4 is 12.0 Å². The molecule has 1 unspecified atom stereocenters. The summed E-state index contributed by atoms with van der Waals surface area (Å²) >= 11 is 0. The molecule has 0 saturated carbocycles. The lowest BCUT2D eigenvalue weighted by atomic mass is 9.97. The van der Waals surface area contributed by atoms with Gasteiger partial charge in [-0.2, -0.15) is 0 Å². The molecule has 3 N–H and O–H groups in total. The number of alkyl carbamates (subject to hydrolysis) is 1. The molecule has 0 aliphatic carbocycles. The van der Waals surface area contributed by atoms with Gasteiger partial charge in [-0.25, -0.2) is 4.79 Å². The third kappa shape index (κ3) is 6.14. The van der Waals surface area contributed by atoms with Crippen molar-refractivity contribution in [3.63, 3.8) is 0 Å². The predicted molar refractivity (Wildman–Crippen MR) is 76.4 cm³/mol. The van der Waals surface area contributed by atoms with Gasteiger partial charge in [0.05, 0.1) is 13.2 Å². The summed E-state index contributed by atoms with van der Waals surface area (Å²) in [5.74, 6) is -0.647. The molecule has 0 spiro atoms. The van der Waals surface area contributed by atoms with E-state index in [1.54, 1.807) is 39.8 Å². The number of primary amides is 1. The topological polar surface area (TPSA) is 99.9 Å². The quantitative estimate of drug-likeness (QED) is 0.740. The largest absolute Gasteiger partial charge is 0.444 e. The Kier molecular flexibility index (Phi) is 5.74. The predicted octanol–water partition coefficient (Wildman–Crippen LogP) is 1.07. The number of hydrogen-bond acceptors (Lipinski definition) is 5. The number of hydrogen-bond donors (Lipinski definition) is 2. The maximum Gasteiger partial charge on any atom is 0.408 e. The van der Waals surface area contributed by atoms with Crippen molar-refractivity contribution in [3.05, 3.63) is 12.2 Å². The minimum Gasteiger partial charge on any atom is -0.444 e. The Balaban J connectivity index is 2.60. The molecule has 0 aromatic carbocycles. The molecule has 1 heterocycles. The molecule has 1 aliphatic rings. The van der Waals surface area contributed by atoms with E-state index in [9.17, 15) is 9.59 Å². The van der Waals surface area contributed by atoms with Gasteiger partial charge in [0.25, 0.3) is 0 Å². The van der Waals surface area contributed by atoms with Gasteiger partial charge in [0.2, 0.25) is 5.91 Å². The van der Waals surface area contributed by atoms with Crippen LogP contribution in [0, 0.1) is 0 Å². The van der Waals surface area contributed by atoms with Crippen LogP contribution in [0.4, 0.5) is 4.79 Å². The van der Waals surface area contributed by atoms with Crippen LogP contribution in [0.15, 0.2) is 12.2 Å². The molecule has 2 amide bonds. The molecule has 0 aromatic heterocycles. The van der Waals surface area contributed by atoms with Gasteiger partial charge in [-0.1, -0.05) is 6.08 Å². The first-order chi connectivity index (χ1) is 9.62. The third-order valence-electron chi connectivity index (χ3n) is 2.79. The Labute approximate surface area is 124 Å². The van der Waals surface area contributed by atoms with E-state index in [0.29, 0.717) is 13.2 Å². The summed E-state index contributed by atoms with van der Waals surface area (Å²) in [7, 11) is 0. The third-order valence-corrected chi connectivity index (χ3v) is 2.79. The molecule has 0 aromatic rings. The van der Waals surface area contributed by atoms with Crippen LogP contribution in [0.5, 0.6) is 0 Å². The van der Waals surface area contributed by atoms with E-state index < -0.39 is 29.4 Å². The Morgan fingerprint density at radius 2 is 1.86 bits per heavy atom. The number of nitrogens with one attached hydrogen (secondary N) is 1. The number of nitrogens with two attached hydrogens (primary N) is 1. The van der Waals surface area contributed by atoms with E-state index in [1.807, 2.05) is 0 Å². The molecular formula is C14H24N2O5. The van der Waals surface area contributed by atoms with Crippen LogP contribution < -0.4 is 11.1 Å². The van der Waals surface area contributed by atoms with E-state index in [2.05, 4.69) is 5.32 Å². The fourth-order valence-corrected chi connectivity index (χ4v) is 1.64. The zero-order valence-electron chi connectivity index (χ0n) is 13.0. The van der Waals surface area contributed by atoms with Crippen molar-refractivity contribution < 1.29 is 23.8 Å². The van der Waals surface area contributed by atoms with Crippen molar-refractivity contribution in [3.8, 4) is 0 Å². The first-order valence-corrected chi connectivity index (χ1v) is 6.83. The van der Waals surface area contributed by atoms with Crippen LogP contribution in [-0.2, 0) is 19.0 Å². The number of carbonyl (C=O) groups is 2. The molecule has 1 rings (SSSR count). The molecule has 0 radical (unpaired) electrons. The molecule has 1 atom stereocenters. The fraction of sp³-hybridized carbons (Fsp3) is 0.714. The molecule has 1 fully saturated rings. The molecule has 1 saturated heterocycles. The Morgan fingerprint density at radius 1 is 1.29 bits per heavy atom. The zero-order chi connectivity index (χ0) is 16.1. The molecular weight excluding hydrogens is 276 g/mol. The maximum absolute atomic E-state index is 11.8. The summed E-state index contributed by atoms with van der Waals surface area (Å²) in [5, 5.41) is 2.51. The normalized spacial score (nSPS) is 19.4. The highest BCUT2D eigenvalue weighted by Crippen LogP contribution is 2.14. The van der Waals surface area contributed by atoms with Crippen LogP contribution in [0.3, 0.4) is 0 Å². The van der Waals surface area contributed by atoms with Crippen molar-refractivity contribution in [2.75, 3.05) is 13.2 Å². The SMILES string of the molecule is CC(C)(C)OC(=O)NC(C)(C/C=C/C1OCCO1)C(N)=O. The van der Waals surface area contributed by atoms with Crippen LogP contribution in [-0.4, -0.2) is 42.6 Å². The van der Waals surface area contributed by atoms with Gasteiger partial charge < -0.3 is 25.3 Å². The Bertz CT molecular complexity index is 410. The maximum atomic E-state index is 11.8. The van der Waals surface area contributed by atoms with Gasteiger partial charge in [-0.15, -0.1) is 0 Å². The second-order valence-electron chi connectivity index (χ2n) is 6.07. The second-order valence-corrected chi connectivity index (χ2v) is 6.07. The standard InChI is InChI=1S/C14H24N2O5/c1-13(2,3)21-12(18)16-14(4,11(15)17)7-5-6-10-19-8-9-20-10/h5-6,10H,7-9H2,1-4H3,(H2,15,17)(H,16,18)/b6-5+. The molecule has 1 aliphatic heterocycles. The Hall–Kier alpha value is -1.60. The lowest BCUT2D eigenvalue weighted by Crippen LogP contribution is -2.56. The van der Waals surface area contributed by atoms with Gasteiger partial charge in [0.1, 0.15) is 11.1 Å². The average Bonchev–Trinajstić information content (AvgIpc) is 2.78. The van der Waals surface area contributed by atoms with Crippen molar-refractivity contribution in [1.29, 1.82) is 0 Å². The van der Waals surface area contributed by atoms with Gasteiger partial charge in [-0.05, 0) is 40.2 Å². The fourth-order valence-electron chi connectivity index (χ4n) is 1.64. The molecule has 7 heteroatoms. The lowest BCUT2D eigenvalue weighted by Gasteiger charge is -2.28. The summed E-state index contributed by atoms with van der Waals surface area (Å²) in [5.41, 5.74) is 3.48. The van der Waals surface area contributed by atoms with Crippen LogP contribution >= 0.6 is 0 Å². The van der Waals surface area contributed by atoms with Gasteiger partial charge >= 0.3 is 6.09 Å². The van der Waals surface area contributed by atoms with E-state index in [0.717, 1.165) is 0 Å². The molecule has 21 heavy (non-hydrogen) atoms. The summed E-state index contributed by atoms with van der Waals surface area (Å²) < 4.78 is 15.6. The van der Waals surface area contributed by atoms with Crippen LogP contribution in [0.25, 0.3) is 0 Å². The monoisotopic (exact) mass is 300 g/mol. The van der Waals surface area contributed by atoms with Gasteiger partial charge in [-0.3, -0.25) is 4.79 Å². The van der Waals surface area contributed by atoms with Gasteiger partial charge in [0, 0.05) is 0 Å². The number of carbonyl (C=O) groups excluding carboxylic acids is 2. The minimum absolute atomic E-state index is 0.213. The van der Waals surface area contributed by atoms with Crippen molar-refractivity contribution in [1.82, 2.24) is 5.32 Å². The van der Waals surface area contributed by atoms with Crippen molar-refractivity contribution in [2.45, 2.75) is 51.5 Å². The smallest absolute Gasteiger partial charge is 0.408 e. The molecule has 0 bridgehead atoms. The average molecular weight is 300 g/mol. The number of amides is 2. The highest BCUT2D eigenvalue weighted by atomic mass is 16.7. The summed E-state index contributed by atoms with van der Waals surface area (Å²) in [6.45, 7) is 7.84. The molecule has 7 nitrogen and oxygen atoms in total. The van der Waals surface area contributed by atoms with E-state index in [4.69, 9.17) is 19.9 Å². The van der Waals surface area contributed by atoms with E-state index in [1.165, 1.54) is 0 Å². The second kappa shape index (κ2) is 6.91. The Morgan fingerprint density at radius 3 is 2.33 bits per heavy atom.